The van der Waals surface area contributed by atoms with E-state index in [1.807, 2.05) is 66.7 Å². The molecular formula is C27H21N3O4. The van der Waals surface area contributed by atoms with Crippen LogP contribution in [0.1, 0.15) is 11.1 Å². The molecule has 0 bridgehead atoms. The lowest BCUT2D eigenvalue weighted by atomic mass is 10.1. The van der Waals surface area contributed by atoms with Crippen LogP contribution in [0.3, 0.4) is 0 Å². The topological polar surface area (TPSA) is 89.6 Å². The van der Waals surface area contributed by atoms with Crippen LogP contribution in [0.15, 0.2) is 78.9 Å². The molecule has 7 heteroatoms. The number of hydrogen-bond donors (Lipinski definition) is 2. The molecule has 2 atom stereocenters. The summed E-state index contributed by atoms with van der Waals surface area (Å²) in [6, 6.07) is 24.4. The Bertz CT molecular complexity index is 1280. The maximum Gasteiger partial charge on any atom is 0.266 e. The molecule has 0 saturated heterocycles. The lowest BCUT2D eigenvalue weighted by Crippen LogP contribution is -2.31. The lowest BCUT2D eigenvalue weighted by molar-refractivity contribution is -0.122. The first kappa shape index (κ1) is 20.2. The number of amides is 2. The minimum absolute atomic E-state index is 0.190. The van der Waals surface area contributed by atoms with Crippen molar-refractivity contribution in [1.29, 1.82) is 0 Å². The minimum atomic E-state index is -0.573. The Morgan fingerprint density at radius 2 is 1.35 bits per heavy atom. The molecular weight excluding hydrogens is 430 g/mol. The third kappa shape index (κ3) is 3.81. The summed E-state index contributed by atoms with van der Waals surface area (Å²) in [6.45, 7) is 0. The summed E-state index contributed by atoms with van der Waals surface area (Å²) in [4.78, 5) is 29.9. The summed E-state index contributed by atoms with van der Waals surface area (Å²) in [5.74, 6) is 1.53. The molecule has 2 unspecified atom stereocenters. The molecule has 0 radical (unpaired) electrons. The van der Waals surface area contributed by atoms with Crippen LogP contribution in [0.4, 0.5) is 11.5 Å². The van der Waals surface area contributed by atoms with E-state index in [-0.39, 0.29) is 11.8 Å². The summed E-state index contributed by atoms with van der Waals surface area (Å²) in [7, 11) is 0. The van der Waals surface area contributed by atoms with E-state index in [0.717, 1.165) is 28.0 Å². The van der Waals surface area contributed by atoms with Gasteiger partial charge in [-0.15, -0.1) is 0 Å². The number of ether oxygens (including phenoxy) is 2. The Hall–Kier alpha value is -4.39. The van der Waals surface area contributed by atoms with Gasteiger partial charge in [-0.2, -0.15) is 0 Å². The highest BCUT2D eigenvalue weighted by atomic mass is 16.5. The molecule has 0 saturated carbocycles. The van der Waals surface area contributed by atoms with Crippen molar-refractivity contribution in [2.24, 2.45) is 0 Å². The second kappa shape index (κ2) is 8.19. The summed E-state index contributed by atoms with van der Waals surface area (Å²) < 4.78 is 11.5. The fraction of sp³-hybridized carbons (Fsp3) is 0.148. The van der Waals surface area contributed by atoms with E-state index in [0.29, 0.717) is 29.9 Å². The largest absolute Gasteiger partial charge is 0.480 e. The van der Waals surface area contributed by atoms with Crippen LogP contribution in [0, 0.1) is 0 Å². The van der Waals surface area contributed by atoms with Gasteiger partial charge < -0.3 is 20.1 Å². The van der Waals surface area contributed by atoms with Gasteiger partial charge in [0.1, 0.15) is 17.3 Å². The normalized spacial score (nSPS) is 17.9. The van der Waals surface area contributed by atoms with Gasteiger partial charge in [0, 0.05) is 23.9 Å². The number of pyridine rings is 1. The summed E-state index contributed by atoms with van der Waals surface area (Å²) in [5, 5.41) is 6.61. The molecule has 7 nitrogen and oxygen atoms in total. The number of carbonyl (C=O) groups excluding carboxylic acids is 2. The average Bonchev–Trinajstić information content (AvgIpc) is 3.49. The van der Waals surface area contributed by atoms with Crippen LogP contribution in [-0.4, -0.2) is 29.0 Å². The number of benzene rings is 3. The van der Waals surface area contributed by atoms with Crippen LogP contribution in [0.2, 0.25) is 0 Å². The highest BCUT2D eigenvalue weighted by molar-refractivity contribution is 5.98. The van der Waals surface area contributed by atoms with Gasteiger partial charge in [-0.3, -0.25) is 9.59 Å². The van der Waals surface area contributed by atoms with E-state index in [9.17, 15) is 9.59 Å². The summed E-state index contributed by atoms with van der Waals surface area (Å²) in [5.41, 5.74) is 3.42. The summed E-state index contributed by atoms with van der Waals surface area (Å²) in [6.07, 6.45) is -0.0334. The zero-order valence-corrected chi connectivity index (χ0v) is 18.2. The molecule has 2 aliphatic rings. The third-order valence-corrected chi connectivity index (χ3v) is 6.09. The Labute approximate surface area is 195 Å². The molecule has 6 rings (SSSR count). The fourth-order valence-electron chi connectivity index (χ4n) is 4.36. The number of aromatic nitrogens is 1. The van der Waals surface area contributed by atoms with Crippen LogP contribution < -0.4 is 20.1 Å². The second-order valence-electron chi connectivity index (χ2n) is 8.42. The zero-order valence-electron chi connectivity index (χ0n) is 18.2. The van der Waals surface area contributed by atoms with Crippen molar-refractivity contribution in [3.8, 4) is 11.5 Å². The number of hydrogen-bond acceptors (Lipinski definition) is 5. The number of fused-ring (bicyclic) bond motifs is 3. The Morgan fingerprint density at radius 1 is 0.735 bits per heavy atom. The zero-order chi connectivity index (χ0) is 23.1. The second-order valence-corrected chi connectivity index (χ2v) is 8.42. The van der Waals surface area contributed by atoms with Gasteiger partial charge in [-0.1, -0.05) is 36.4 Å². The van der Waals surface area contributed by atoms with Crippen LogP contribution in [0.25, 0.3) is 10.9 Å². The molecule has 2 N–H and O–H groups in total. The van der Waals surface area contributed by atoms with Crippen LogP contribution >= 0.6 is 0 Å². The predicted molar refractivity (Wildman–Crippen MR) is 128 cm³/mol. The summed E-state index contributed by atoms with van der Waals surface area (Å²) >= 11 is 0. The number of para-hydroxylation sites is 2. The number of carbonyl (C=O) groups is 2. The third-order valence-electron chi connectivity index (χ3n) is 6.09. The van der Waals surface area contributed by atoms with Crippen molar-refractivity contribution in [3.63, 3.8) is 0 Å². The first-order valence-corrected chi connectivity index (χ1v) is 11.1. The molecule has 0 aliphatic carbocycles. The first-order chi connectivity index (χ1) is 16.6. The predicted octanol–water partition coefficient (Wildman–Crippen LogP) is 4.12. The maximum atomic E-state index is 12.7. The van der Waals surface area contributed by atoms with Crippen molar-refractivity contribution < 1.29 is 19.1 Å². The van der Waals surface area contributed by atoms with Crippen molar-refractivity contribution in [1.82, 2.24) is 4.98 Å². The number of rotatable bonds is 4. The van der Waals surface area contributed by atoms with E-state index in [4.69, 9.17) is 9.47 Å². The monoisotopic (exact) mass is 451 g/mol. The van der Waals surface area contributed by atoms with Crippen molar-refractivity contribution in [2.45, 2.75) is 25.0 Å². The van der Waals surface area contributed by atoms with Crippen LogP contribution in [0.5, 0.6) is 11.5 Å². The molecule has 168 valence electrons. The lowest BCUT2D eigenvalue weighted by Gasteiger charge is -2.13. The molecule has 3 aromatic carbocycles. The van der Waals surface area contributed by atoms with E-state index in [1.165, 1.54) is 0 Å². The SMILES string of the molecule is O=C(Nc1ccc2nc(NC(=O)C3Cc4ccccc4O3)ccc2c1)C1Cc2ccccc2O1. The molecule has 3 heterocycles. The average molecular weight is 451 g/mol. The van der Waals surface area contributed by atoms with Gasteiger partial charge in [-0.05, 0) is 53.6 Å². The molecule has 1 aromatic heterocycles. The van der Waals surface area contributed by atoms with E-state index < -0.39 is 12.2 Å². The van der Waals surface area contributed by atoms with Gasteiger partial charge >= 0.3 is 0 Å². The Morgan fingerprint density at radius 3 is 2.00 bits per heavy atom. The van der Waals surface area contributed by atoms with E-state index >= 15 is 0 Å². The number of nitrogens with one attached hydrogen (secondary N) is 2. The molecule has 34 heavy (non-hydrogen) atoms. The van der Waals surface area contributed by atoms with E-state index in [1.54, 1.807) is 12.1 Å². The highest BCUT2D eigenvalue weighted by Crippen LogP contribution is 2.30. The fourth-order valence-corrected chi connectivity index (χ4v) is 4.36. The van der Waals surface area contributed by atoms with Crippen molar-refractivity contribution >= 4 is 34.2 Å². The smallest absolute Gasteiger partial charge is 0.266 e. The standard InChI is InChI=1S/C27H21N3O4/c31-26(23-14-17-5-1-3-7-21(17)33-23)28-19-10-11-20-16(13-19)9-12-25(29-20)30-27(32)24-15-18-6-2-4-8-22(18)34-24/h1-13,23-24H,14-15H2,(H,28,31)(H,29,30,32). The van der Waals surface area contributed by atoms with Gasteiger partial charge in [0.15, 0.2) is 12.2 Å². The van der Waals surface area contributed by atoms with Crippen molar-refractivity contribution in [3.05, 3.63) is 90.0 Å². The highest BCUT2D eigenvalue weighted by Gasteiger charge is 2.30. The minimum Gasteiger partial charge on any atom is -0.480 e. The molecule has 2 aliphatic heterocycles. The maximum absolute atomic E-state index is 12.7. The number of anilines is 2. The number of nitrogens with zero attached hydrogens (tertiary/aromatic N) is 1. The Kier molecular flexibility index (Phi) is 4.87. The van der Waals surface area contributed by atoms with Crippen LogP contribution in [-0.2, 0) is 22.4 Å². The quantitative estimate of drug-likeness (QED) is 0.487. The van der Waals surface area contributed by atoms with Crippen molar-refractivity contribution in [2.75, 3.05) is 10.6 Å². The molecule has 2 amide bonds. The molecule has 4 aromatic rings. The molecule has 0 fully saturated rings. The van der Waals surface area contributed by atoms with Gasteiger partial charge in [0.05, 0.1) is 5.52 Å². The van der Waals surface area contributed by atoms with Gasteiger partial charge in [0.25, 0.3) is 11.8 Å². The van der Waals surface area contributed by atoms with Gasteiger partial charge in [0.2, 0.25) is 0 Å². The first-order valence-electron chi connectivity index (χ1n) is 11.1. The van der Waals surface area contributed by atoms with E-state index in [2.05, 4.69) is 15.6 Å². The van der Waals surface area contributed by atoms with Gasteiger partial charge in [-0.25, -0.2) is 4.98 Å². The molecule has 0 spiro atoms. The Balaban J connectivity index is 1.11.